The van der Waals surface area contributed by atoms with Gasteiger partial charge in [-0.05, 0) is 49.3 Å². The van der Waals surface area contributed by atoms with Crippen LogP contribution in [0.5, 0.6) is 11.5 Å². The van der Waals surface area contributed by atoms with E-state index in [0.717, 1.165) is 37.1 Å². The van der Waals surface area contributed by atoms with Crippen molar-refractivity contribution in [2.45, 2.75) is 19.4 Å². The van der Waals surface area contributed by atoms with E-state index in [1.54, 1.807) is 18.9 Å². The summed E-state index contributed by atoms with van der Waals surface area (Å²) in [6.07, 6.45) is 2.45. The summed E-state index contributed by atoms with van der Waals surface area (Å²) < 4.78 is 12.4. The first kappa shape index (κ1) is 17.6. The van der Waals surface area contributed by atoms with Gasteiger partial charge in [-0.2, -0.15) is 4.68 Å². The molecule has 0 amide bonds. The van der Waals surface area contributed by atoms with Gasteiger partial charge in [0.05, 0.1) is 26.5 Å². The lowest BCUT2D eigenvalue weighted by atomic mass is 9.98. The summed E-state index contributed by atoms with van der Waals surface area (Å²) in [5.74, 6) is 2.94. The van der Waals surface area contributed by atoms with Crippen molar-refractivity contribution in [2.75, 3.05) is 40.9 Å². The molecule has 1 saturated heterocycles. The Balaban J connectivity index is 1.74. The number of piperidine rings is 1. The fraction of sp³-hybridized carbons (Fsp3) is 0.588. The fourth-order valence-electron chi connectivity index (χ4n) is 3.23. The summed E-state index contributed by atoms with van der Waals surface area (Å²) in [7, 11) is 5.38. The van der Waals surface area contributed by atoms with Crippen molar-refractivity contribution in [3.05, 3.63) is 24.0 Å². The summed E-state index contributed by atoms with van der Waals surface area (Å²) in [5, 5.41) is 15.6. The Labute approximate surface area is 148 Å². The predicted octanol–water partition coefficient (Wildman–Crippen LogP) is 1.11. The summed E-state index contributed by atoms with van der Waals surface area (Å²) >= 11 is 0. The third-order valence-electron chi connectivity index (χ3n) is 4.55. The summed E-state index contributed by atoms with van der Waals surface area (Å²) in [6.45, 7) is 3.96. The molecule has 1 aromatic carbocycles. The van der Waals surface area contributed by atoms with Crippen LogP contribution in [-0.2, 0) is 6.54 Å². The summed E-state index contributed by atoms with van der Waals surface area (Å²) in [5.41, 5.74) is 0.825. The highest BCUT2D eigenvalue weighted by Gasteiger charge is 2.18. The van der Waals surface area contributed by atoms with Crippen LogP contribution < -0.4 is 14.8 Å². The number of benzene rings is 1. The lowest BCUT2D eigenvalue weighted by Crippen LogP contribution is -2.34. The monoisotopic (exact) mass is 346 g/mol. The molecule has 0 unspecified atom stereocenters. The molecule has 25 heavy (non-hydrogen) atoms. The Morgan fingerprint density at radius 2 is 1.84 bits per heavy atom. The number of nitrogens with one attached hydrogen (secondary N) is 1. The minimum atomic E-state index is 0.691. The van der Waals surface area contributed by atoms with Crippen LogP contribution in [0.15, 0.2) is 18.2 Å². The van der Waals surface area contributed by atoms with Gasteiger partial charge < -0.3 is 14.8 Å². The van der Waals surface area contributed by atoms with Crippen molar-refractivity contribution in [1.82, 2.24) is 30.4 Å². The largest absolute Gasteiger partial charge is 0.497 e. The molecule has 0 saturated carbocycles. The molecule has 8 heteroatoms. The van der Waals surface area contributed by atoms with Crippen LogP contribution in [0, 0.1) is 5.92 Å². The Hall–Kier alpha value is -2.19. The number of hydrogen-bond acceptors (Lipinski definition) is 7. The maximum Gasteiger partial charge on any atom is 0.170 e. The normalized spacial score (nSPS) is 15.5. The number of ether oxygens (including phenoxy) is 2. The molecule has 1 N–H and O–H groups in total. The maximum atomic E-state index is 5.34. The first-order valence-corrected chi connectivity index (χ1v) is 8.59. The van der Waals surface area contributed by atoms with Gasteiger partial charge in [-0.25, -0.2) is 0 Å². The van der Waals surface area contributed by atoms with Crippen molar-refractivity contribution < 1.29 is 9.47 Å². The predicted molar refractivity (Wildman–Crippen MR) is 94.2 cm³/mol. The number of tetrazole rings is 1. The Morgan fingerprint density at radius 1 is 1.16 bits per heavy atom. The summed E-state index contributed by atoms with van der Waals surface area (Å²) in [6, 6.07) is 5.63. The van der Waals surface area contributed by atoms with E-state index in [1.807, 2.05) is 18.2 Å². The zero-order chi connectivity index (χ0) is 17.6. The van der Waals surface area contributed by atoms with E-state index < -0.39 is 0 Å². The molecule has 0 aliphatic carbocycles. The van der Waals surface area contributed by atoms with Crippen LogP contribution in [0.1, 0.15) is 18.7 Å². The first-order valence-electron chi connectivity index (χ1n) is 8.59. The van der Waals surface area contributed by atoms with Gasteiger partial charge in [0.15, 0.2) is 5.82 Å². The Kier molecular flexibility index (Phi) is 5.83. The topological polar surface area (TPSA) is 77.3 Å². The fourth-order valence-corrected chi connectivity index (χ4v) is 3.23. The van der Waals surface area contributed by atoms with Crippen LogP contribution in [0.3, 0.4) is 0 Å². The lowest BCUT2D eigenvalue weighted by Gasteiger charge is -2.27. The molecule has 0 bridgehead atoms. The van der Waals surface area contributed by atoms with Crippen molar-refractivity contribution >= 4 is 0 Å². The SMILES string of the molecule is COc1cc(OC)cc(-n2nnnc2CN(C)CC2CCNCC2)c1. The molecule has 1 aliphatic rings. The van der Waals surface area contributed by atoms with Crippen molar-refractivity contribution in [3.63, 3.8) is 0 Å². The molecule has 1 aliphatic heterocycles. The van der Waals surface area contributed by atoms with Crippen molar-refractivity contribution in [1.29, 1.82) is 0 Å². The molecule has 3 rings (SSSR count). The van der Waals surface area contributed by atoms with Gasteiger partial charge in [0.25, 0.3) is 0 Å². The lowest BCUT2D eigenvalue weighted by molar-refractivity contribution is 0.229. The highest BCUT2D eigenvalue weighted by Crippen LogP contribution is 2.25. The molecule has 0 radical (unpaired) electrons. The Bertz CT molecular complexity index is 661. The molecule has 2 aromatic rings. The Morgan fingerprint density at radius 3 is 2.48 bits per heavy atom. The van der Waals surface area contributed by atoms with Crippen molar-refractivity contribution in [3.8, 4) is 17.2 Å². The van der Waals surface area contributed by atoms with Gasteiger partial charge in [0.1, 0.15) is 11.5 Å². The van der Waals surface area contributed by atoms with Gasteiger partial charge in [0, 0.05) is 24.7 Å². The van der Waals surface area contributed by atoms with Crippen LogP contribution in [-0.4, -0.2) is 66.0 Å². The second-order valence-electron chi connectivity index (χ2n) is 6.47. The molecule has 1 aromatic heterocycles. The number of rotatable bonds is 7. The molecule has 2 heterocycles. The third-order valence-corrected chi connectivity index (χ3v) is 4.55. The van der Waals surface area contributed by atoms with Gasteiger partial charge in [-0.15, -0.1) is 5.10 Å². The third kappa shape index (κ3) is 4.46. The van der Waals surface area contributed by atoms with Crippen LogP contribution in [0.25, 0.3) is 5.69 Å². The highest BCUT2D eigenvalue weighted by molar-refractivity contribution is 5.46. The first-order chi connectivity index (χ1) is 12.2. The minimum absolute atomic E-state index is 0.691. The second kappa shape index (κ2) is 8.26. The molecule has 8 nitrogen and oxygen atoms in total. The standard InChI is InChI=1S/C17H26N6O2/c1-22(11-13-4-6-18-7-5-13)12-17-19-20-21-23(17)14-8-15(24-2)10-16(9-14)25-3/h8-10,13,18H,4-7,11-12H2,1-3H3. The van der Waals surface area contributed by atoms with E-state index in [0.29, 0.717) is 18.0 Å². The zero-order valence-corrected chi connectivity index (χ0v) is 15.1. The maximum absolute atomic E-state index is 5.34. The van der Waals surface area contributed by atoms with E-state index in [2.05, 4.69) is 32.8 Å². The minimum Gasteiger partial charge on any atom is -0.497 e. The summed E-state index contributed by atoms with van der Waals surface area (Å²) in [4.78, 5) is 2.29. The smallest absolute Gasteiger partial charge is 0.170 e. The van der Waals surface area contributed by atoms with Crippen LogP contribution >= 0.6 is 0 Å². The number of methoxy groups -OCH3 is 2. The molecular formula is C17H26N6O2. The molecule has 136 valence electrons. The number of hydrogen-bond donors (Lipinski definition) is 1. The van der Waals surface area contributed by atoms with Gasteiger partial charge >= 0.3 is 0 Å². The molecule has 0 spiro atoms. The van der Waals surface area contributed by atoms with E-state index in [4.69, 9.17) is 9.47 Å². The number of aromatic nitrogens is 4. The molecule has 0 atom stereocenters. The quantitative estimate of drug-likeness (QED) is 0.805. The number of nitrogens with zero attached hydrogens (tertiary/aromatic N) is 5. The van der Waals surface area contributed by atoms with Crippen molar-refractivity contribution in [2.24, 2.45) is 5.92 Å². The second-order valence-corrected chi connectivity index (χ2v) is 6.47. The van der Waals surface area contributed by atoms with Gasteiger partial charge in [-0.3, -0.25) is 4.90 Å². The average Bonchev–Trinajstić information content (AvgIpc) is 3.10. The van der Waals surface area contributed by atoms with E-state index in [1.165, 1.54) is 12.8 Å². The van der Waals surface area contributed by atoms with E-state index >= 15 is 0 Å². The van der Waals surface area contributed by atoms with Gasteiger partial charge in [0.2, 0.25) is 0 Å². The average molecular weight is 346 g/mol. The van der Waals surface area contributed by atoms with Gasteiger partial charge in [-0.1, -0.05) is 0 Å². The van der Waals surface area contributed by atoms with Crippen LogP contribution in [0.4, 0.5) is 0 Å². The zero-order valence-electron chi connectivity index (χ0n) is 15.1. The molecule has 1 fully saturated rings. The van der Waals surface area contributed by atoms with Crippen LogP contribution in [0.2, 0.25) is 0 Å². The van der Waals surface area contributed by atoms with E-state index in [9.17, 15) is 0 Å². The molecular weight excluding hydrogens is 320 g/mol. The highest BCUT2D eigenvalue weighted by atomic mass is 16.5. The van der Waals surface area contributed by atoms with E-state index in [-0.39, 0.29) is 0 Å².